The van der Waals surface area contributed by atoms with Gasteiger partial charge in [-0.2, -0.15) is 0 Å². The van der Waals surface area contributed by atoms with Crippen LogP contribution in [0.1, 0.15) is 50.4 Å². The molecule has 5 heteroatoms. The fourth-order valence-corrected chi connectivity index (χ4v) is 4.37. The maximum Gasteiger partial charge on any atom is 0.184 e. The second kappa shape index (κ2) is 11.2. The standard InChI is InChI=1S/C26H34O5/c1-3-23-21(17-28-25(30-23)19-11-7-5-8-12-19)15-27-16-22-18-29-26(31-24(22)4-2)20-13-9-6-10-14-20/h5-14,21-26H,3-4,15-18H2,1-2H3. The second-order valence-electron chi connectivity index (χ2n) is 8.38. The summed E-state index contributed by atoms with van der Waals surface area (Å²) in [6.07, 6.45) is 1.55. The average Bonchev–Trinajstić information content (AvgIpc) is 2.85. The summed E-state index contributed by atoms with van der Waals surface area (Å²) >= 11 is 0. The van der Waals surface area contributed by atoms with Crippen molar-refractivity contribution in [2.45, 2.75) is 51.5 Å². The Hall–Kier alpha value is -1.76. The minimum atomic E-state index is -0.290. The van der Waals surface area contributed by atoms with Crippen LogP contribution in [-0.4, -0.2) is 38.6 Å². The summed E-state index contributed by atoms with van der Waals surface area (Å²) in [5.41, 5.74) is 2.13. The summed E-state index contributed by atoms with van der Waals surface area (Å²) in [5.74, 6) is 0.458. The molecule has 2 aromatic rings. The molecule has 168 valence electrons. The summed E-state index contributed by atoms with van der Waals surface area (Å²) < 4.78 is 30.6. The first kappa shape index (κ1) is 22.4. The van der Waals surface area contributed by atoms with E-state index in [1.54, 1.807) is 0 Å². The van der Waals surface area contributed by atoms with Crippen LogP contribution in [0, 0.1) is 11.8 Å². The van der Waals surface area contributed by atoms with E-state index in [4.69, 9.17) is 23.7 Å². The van der Waals surface area contributed by atoms with Crippen LogP contribution in [0.5, 0.6) is 0 Å². The zero-order valence-electron chi connectivity index (χ0n) is 18.5. The van der Waals surface area contributed by atoms with E-state index in [1.807, 2.05) is 60.7 Å². The molecule has 0 saturated carbocycles. The van der Waals surface area contributed by atoms with Gasteiger partial charge in [0.1, 0.15) is 0 Å². The predicted octanol–water partition coefficient (Wildman–Crippen LogP) is 5.28. The number of benzene rings is 2. The first-order valence-electron chi connectivity index (χ1n) is 11.5. The zero-order valence-corrected chi connectivity index (χ0v) is 18.5. The summed E-state index contributed by atoms with van der Waals surface area (Å²) in [7, 11) is 0. The smallest absolute Gasteiger partial charge is 0.184 e. The van der Waals surface area contributed by atoms with E-state index < -0.39 is 0 Å². The number of hydrogen-bond acceptors (Lipinski definition) is 5. The number of hydrogen-bond donors (Lipinski definition) is 0. The highest BCUT2D eigenvalue weighted by Crippen LogP contribution is 2.33. The van der Waals surface area contributed by atoms with Gasteiger partial charge in [0.15, 0.2) is 12.6 Å². The van der Waals surface area contributed by atoms with E-state index in [1.165, 1.54) is 0 Å². The molecule has 0 spiro atoms. The fraction of sp³-hybridized carbons (Fsp3) is 0.538. The van der Waals surface area contributed by atoms with Crippen LogP contribution in [0.4, 0.5) is 0 Å². The van der Waals surface area contributed by atoms with Gasteiger partial charge < -0.3 is 23.7 Å². The second-order valence-corrected chi connectivity index (χ2v) is 8.38. The molecule has 0 N–H and O–H groups in total. The monoisotopic (exact) mass is 426 g/mol. The van der Waals surface area contributed by atoms with Gasteiger partial charge in [-0.1, -0.05) is 74.5 Å². The van der Waals surface area contributed by atoms with E-state index in [9.17, 15) is 0 Å². The van der Waals surface area contributed by atoms with Crippen molar-refractivity contribution >= 4 is 0 Å². The SMILES string of the molecule is CCC1OC(c2ccccc2)OCC1COCC1COC(c2ccccc2)OC1CC. The van der Waals surface area contributed by atoms with Crippen molar-refractivity contribution in [1.82, 2.24) is 0 Å². The molecule has 2 aliphatic rings. The molecule has 2 fully saturated rings. The Morgan fingerprint density at radius 2 is 1.10 bits per heavy atom. The lowest BCUT2D eigenvalue weighted by atomic mass is 9.99. The lowest BCUT2D eigenvalue weighted by molar-refractivity contribution is -0.258. The summed E-state index contributed by atoms with van der Waals surface area (Å²) in [5, 5.41) is 0. The fourth-order valence-electron chi connectivity index (χ4n) is 4.37. The Morgan fingerprint density at radius 1 is 0.677 bits per heavy atom. The molecule has 0 bridgehead atoms. The van der Waals surface area contributed by atoms with Gasteiger partial charge >= 0.3 is 0 Å². The van der Waals surface area contributed by atoms with Gasteiger partial charge in [0, 0.05) is 23.0 Å². The largest absolute Gasteiger partial charge is 0.380 e. The maximum atomic E-state index is 6.23. The van der Waals surface area contributed by atoms with E-state index >= 15 is 0 Å². The van der Waals surface area contributed by atoms with Crippen LogP contribution in [0.3, 0.4) is 0 Å². The van der Waals surface area contributed by atoms with Crippen molar-refractivity contribution in [3.05, 3.63) is 71.8 Å². The third-order valence-electron chi connectivity index (χ3n) is 6.18. The first-order valence-corrected chi connectivity index (χ1v) is 11.5. The van der Waals surface area contributed by atoms with Crippen LogP contribution in [0.25, 0.3) is 0 Å². The van der Waals surface area contributed by atoms with Gasteiger partial charge in [-0.3, -0.25) is 0 Å². The van der Waals surface area contributed by atoms with E-state index in [0.717, 1.165) is 24.0 Å². The van der Waals surface area contributed by atoms with E-state index in [2.05, 4.69) is 13.8 Å². The van der Waals surface area contributed by atoms with Crippen LogP contribution < -0.4 is 0 Å². The van der Waals surface area contributed by atoms with Crippen LogP contribution in [0.2, 0.25) is 0 Å². The van der Waals surface area contributed by atoms with Gasteiger partial charge in [-0.15, -0.1) is 0 Å². The lowest BCUT2D eigenvalue weighted by Gasteiger charge is -2.38. The zero-order chi connectivity index (χ0) is 21.5. The minimum Gasteiger partial charge on any atom is -0.380 e. The molecule has 2 aromatic carbocycles. The molecule has 2 aliphatic heterocycles. The molecule has 6 unspecified atom stereocenters. The molecule has 0 aliphatic carbocycles. The van der Waals surface area contributed by atoms with Crippen molar-refractivity contribution in [3.8, 4) is 0 Å². The summed E-state index contributed by atoms with van der Waals surface area (Å²) in [6.45, 7) is 6.84. The predicted molar refractivity (Wildman–Crippen MR) is 118 cm³/mol. The maximum absolute atomic E-state index is 6.23. The minimum absolute atomic E-state index is 0.127. The van der Waals surface area contributed by atoms with Crippen LogP contribution >= 0.6 is 0 Å². The first-order chi connectivity index (χ1) is 15.3. The highest BCUT2D eigenvalue weighted by Gasteiger charge is 2.34. The highest BCUT2D eigenvalue weighted by atomic mass is 16.7. The van der Waals surface area contributed by atoms with Crippen molar-refractivity contribution in [2.24, 2.45) is 11.8 Å². The third-order valence-corrected chi connectivity index (χ3v) is 6.18. The number of rotatable bonds is 8. The molecule has 0 radical (unpaired) electrons. The quantitative estimate of drug-likeness (QED) is 0.574. The van der Waals surface area contributed by atoms with Gasteiger partial charge in [-0.25, -0.2) is 0 Å². The van der Waals surface area contributed by atoms with Crippen LogP contribution in [0.15, 0.2) is 60.7 Å². The van der Waals surface area contributed by atoms with E-state index in [0.29, 0.717) is 26.4 Å². The Balaban J connectivity index is 1.25. The van der Waals surface area contributed by atoms with Gasteiger partial charge in [0.25, 0.3) is 0 Å². The molecule has 5 nitrogen and oxygen atoms in total. The molecule has 4 rings (SSSR count). The summed E-state index contributed by atoms with van der Waals surface area (Å²) in [6, 6.07) is 20.2. The molecule has 2 heterocycles. The molecule has 0 aromatic heterocycles. The van der Waals surface area contributed by atoms with E-state index in [-0.39, 0.29) is 36.6 Å². The summed E-state index contributed by atoms with van der Waals surface area (Å²) in [4.78, 5) is 0. The van der Waals surface area contributed by atoms with Crippen molar-refractivity contribution < 1.29 is 23.7 Å². The average molecular weight is 427 g/mol. The normalized spacial score (nSPS) is 31.4. The van der Waals surface area contributed by atoms with Crippen molar-refractivity contribution in [2.75, 3.05) is 26.4 Å². The molecule has 2 saturated heterocycles. The van der Waals surface area contributed by atoms with Crippen molar-refractivity contribution in [3.63, 3.8) is 0 Å². The molecular formula is C26H34O5. The Labute approximate surface area is 185 Å². The topological polar surface area (TPSA) is 46.2 Å². The van der Waals surface area contributed by atoms with Gasteiger partial charge in [-0.05, 0) is 12.8 Å². The lowest BCUT2D eigenvalue weighted by Crippen LogP contribution is -2.41. The van der Waals surface area contributed by atoms with Gasteiger partial charge in [0.2, 0.25) is 0 Å². The highest BCUT2D eigenvalue weighted by molar-refractivity contribution is 5.17. The Morgan fingerprint density at radius 3 is 1.48 bits per heavy atom. The van der Waals surface area contributed by atoms with Gasteiger partial charge in [0.05, 0.1) is 38.6 Å². The molecule has 0 amide bonds. The molecular weight excluding hydrogens is 392 g/mol. The molecule has 31 heavy (non-hydrogen) atoms. The van der Waals surface area contributed by atoms with Crippen LogP contribution in [-0.2, 0) is 23.7 Å². The number of ether oxygens (including phenoxy) is 5. The Kier molecular flexibility index (Phi) is 8.11. The van der Waals surface area contributed by atoms with Crippen molar-refractivity contribution in [1.29, 1.82) is 0 Å². The third kappa shape index (κ3) is 5.73. The molecule has 6 atom stereocenters. The Bertz CT molecular complexity index is 702.